The van der Waals surface area contributed by atoms with Gasteiger partial charge in [0.1, 0.15) is 5.82 Å². The average molecular weight is 646 g/mol. The molecule has 10 heteroatoms. The highest BCUT2D eigenvalue weighted by atomic mass is 19.4. The Hall–Kier alpha value is -4.47. The van der Waals surface area contributed by atoms with Crippen LogP contribution in [0.25, 0.3) is 0 Å². The van der Waals surface area contributed by atoms with Crippen LogP contribution in [0.5, 0.6) is 0 Å². The number of hydrogen-bond donors (Lipinski definition) is 2. The van der Waals surface area contributed by atoms with E-state index in [0.29, 0.717) is 30.5 Å². The van der Waals surface area contributed by atoms with Gasteiger partial charge < -0.3 is 10.4 Å². The van der Waals surface area contributed by atoms with Crippen LogP contribution in [0.4, 0.5) is 17.6 Å². The summed E-state index contributed by atoms with van der Waals surface area (Å²) in [5.41, 5.74) is 1.63. The number of likely N-dealkylation sites (tertiary alicyclic amines) is 1. The van der Waals surface area contributed by atoms with Crippen molar-refractivity contribution >= 4 is 12.0 Å². The standard InChI is InChI=1S/C37H35F4N3O3/c1-36(31-13-6-5-12-30(31)35(47)43-24-45)18-19-44(34(36)27-14-16-29(38)17-15-27)32(21-25-8-3-2-4-9-25)33(46)23-42-22-26-10-7-11-28(20-26)37(39,40)41/h2-17,20,32-34,42,46H,18-19,21-23H2,1H3/t32-,33+,34?,36?/m0/s1. The van der Waals surface area contributed by atoms with Crippen LogP contribution < -0.4 is 5.32 Å². The molecule has 1 amide bonds. The van der Waals surface area contributed by atoms with Gasteiger partial charge in [-0.1, -0.05) is 85.8 Å². The van der Waals surface area contributed by atoms with Gasteiger partial charge in [0.25, 0.3) is 5.91 Å². The van der Waals surface area contributed by atoms with Crippen molar-refractivity contribution in [2.45, 2.75) is 56.1 Å². The summed E-state index contributed by atoms with van der Waals surface area (Å²) in [6, 6.07) is 26.9. The zero-order valence-corrected chi connectivity index (χ0v) is 25.8. The van der Waals surface area contributed by atoms with E-state index in [1.807, 2.05) is 43.3 Å². The molecule has 5 rings (SSSR count). The molecule has 244 valence electrons. The minimum Gasteiger partial charge on any atom is -0.390 e. The van der Waals surface area contributed by atoms with Gasteiger partial charge in [-0.2, -0.15) is 13.2 Å². The summed E-state index contributed by atoms with van der Waals surface area (Å²) in [6.45, 7) is 2.71. The number of aliphatic hydroxyl groups is 1. The lowest BCUT2D eigenvalue weighted by molar-refractivity contribution is -0.137. The minimum absolute atomic E-state index is 0.0836. The maximum atomic E-state index is 14.2. The summed E-state index contributed by atoms with van der Waals surface area (Å²) in [5, 5.41) is 14.9. The predicted molar refractivity (Wildman–Crippen MR) is 170 cm³/mol. The number of halogens is 4. The lowest BCUT2D eigenvalue weighted by Crippen LogP contribution is -2.50. The molecule has 0 spiro atoms. The molecule has 0 saturated carbocycles. The molecule has 1 heterocycles. The first-order valence-corrected chi connectivity index (χ1v) is 15.3. The average Bonchev–Trinajstić information content (AvgIpc) is 3.42. The minimum atomic E-state index is -4.46. The van der Waals surface area contributed by atoms with E-state index in [2.05, 4.69) is 15.2 Å². The molecule has 4 aromatic rings. The molecule has 0 aliphatic carbocycles. The molecule has 0 radical (unpaired) electrons. The van der Waals surface area contributed by atoms with Crippen LogP contribution in [0, 0.1) is 5.82 Å². The van der Waals surface area contributed by atoms with E-state index in [-0.39, 0.29) is 18.7 Å². The highest BCUT2D eigenvalue weighted by Gasteiger charge is 2.50. The van der Waals surface area contributed by atoms with Gasteiger partial charge in [-0.3, -0.25) is 9.69 Å². The number of rotatable bonds is 11. The van der Waals surface area contributed by atoms with Crippen LogP contribution in [-0.4, -0.2) is 47.2 Å². The second-order valence-corrected chi connectivity index (χ2v) is 12.1. The second kappa shape index (κ2) is 14.5. The summed E-state index contributed by atoms with van der Waals surface area (Å²) in [4.78, 5) is 29.5. The van der Waals surface area contributed by atoms with E-state index in [4.69, 9.17) is 0 Å². The SMILES string of the molecule is CC1(c2ccccc2C(=O)N=C=O)CCN([C@@H](Cc2ccccc2)[C@H](O)CNCc2cccc(C(F)(F)F)c2)C1c1ccc(F)cc1. The number of aliphatic imine (C=N–C) groups is 1. The second-order valence-electron chi connectivity index (χ2n) is 12.1. The molecule has 4 atom stereocenters. The van der Waals surface area contributed by atoms with Gasteiger partial charge in [-0.05, 0) is 59.4 Å². The highest BCUT2D eigenvalue weighted by molar-refractivity contribution is 5.99. The first kappa shape index (κ1) is 33.9. The molecule has 0 aromatic heterocycles. The van der Waals surface area contributed by atoms with Gasteiger partial charge in [0.2, 0.25) is 6.08 Å². The number of nitrogens with one attached hydrogen (secondary N) is 1. The largest absolute Gasteiger partial charge is 0.416 e. The molecule has 4 aromatic carbocycles. The molecule has 6 nitrogen and oxygen atoms in total. The molecule has 47 heavy (non-hydrogen) atoms. The van der Waals surface area contributed by atoms with E-state index < -0.39 is 47.1 Å². The fraction of sp³-hybridized carbons (Fsp3) is 0.297. The van der Waals surface area contributed by atoms with Crippen molar-refractivity contribution in [3.05, 3.63) is 142 Å². The first-order valence-electron chi connectivity index (χ1n) is 15.3. The van der Waals surface area contributed by atoms with Crippen molar-refractivity contribution in [2.24, 2.45) is 4.99 Å². The Morgan fingerprint density at radius 2 is 1.68 bits per heavy atom. The fourth-order valence-electron chi connectivity index (χ4n) is 6.79. The van der Waals surface area contributed by atoms with E-state index in [1.165, 1.54) is 24.3 Å². The van der Waals surface area contributed by atoms with Gasteiger partial charge >= 0.3 is 6.18 Å². The van der Waals surface area contributed by atoms with Crippen LogP contribution in [0.15, 0.2) is 108 Å². The van der Waals surface area contributed by atoms with Crippen molar-refractivity contribution in [1.82, 2.24) is 10.2 Å². The Balaban J connectivity index is 1.51. The molecular formula is C37H35F4N3O3. The number of amides is 1. The smallest absolute Gasteiger partial charge is 0.390 e. The number of alkyl halides is 3. The number of hydrogen-bond acceptors (Lipinski definition) is 5. The molecule has 1 saturated heterocycles. The maximum absolute atomic E-state index is 14.2. The van der Waals surface area contributed by atoms with Crippen molar-refractivity contribution < 1.29 is 32.3 Å². The van der Waals surface area contributed by atoms with Gasteiger partial charge in [0.15, 0.2) is 0 Å². The third kappa shape index (κ3) is 7.75. The maximum Gasteiger partial charge on any atom is 0.416 e. The van der Waals surface area contributed by atoms with Crippen LogP contribution in [0.1, 0.15) is 57.6 Å². The third-order valence-corrected chi connectivity index (χ3v) is 9.02. The van der Waals surface area contributed by atoms with Crippen LogP contribution in [0.2, 0.25) is 0 Å². The Kier molecular flexibility index (Phi) is 10.5. The molecule has 2 unspecified atom stereocenters. The highest BCUT2D eigenvalue weighted by Crippen LogP contribution is 2.51. The van der Waals surface area contributed by atoms with E-state index in [9.17, 15) is 32.3 Å². The topological polar surface area (TPSA) is 82.0 Å². The first-order chi connectivity index (χ1) is 22.5. The van der Waals surface area contributed by atoms with Gasteiger partial charge in [-0.15, -0.1) is 4.99 Å². The number of nitrogens with zero attached hydrogens (tertiary/aromatic N) is 2. The predicted octanol–water partition coefficient (Wildman–Crippen LogP) is 6.79. The fourth-order valence-corrected chi connectivity index (χ4v) is 6.79. The summed E-state index contributed by atoms with van der Waals surface area (Å²) >= 11 is 0. The molecule has 2 N–H and O–H groups in total. The molecule has 1 aliphatic heterocycles. The van der Waals surface area contributed by atoms with Crippen LogP contribution in [-0.2, 0) is 29.4 Å². The van der Waals surface area contributed by atoms with E-state index >= 15 is 0 Å². The Labute approximate surface area is 270 Å². The number of aliphatic hydroxyl groups excluding tert-OH is 1. The normalized spacial score (nSPS) is 19.6. The Morgan fingerprint density at radius 3 is 2.38 bits per heavy atom. The summed E-state index contributed by atoms with van der Waals surface area (Å²) in [7, 11) is 0. The number of carbonyl (C=O) groups is 1. The van der Waals surface area contributed by atoms with Crippen molar-refractivity contribution in [2.75, 3.05) is 13.1 Å². The molecule has 1 aliphatic rings. The van der Waals surface area contributed by atoms with Gasteiger partial charge in [-0.25, -0.2) is 9.18 Å². The Morgan fingerprint density at radius 1 is 1.00 bits per heavy atom. The van der Waals surface area contributed by atoms with E-state index in [0.717, 1.165) is 23.3 Å². The monoisotopic (exact) mass is 645 g/mol. The van der Waals surface area contributed by atoms with Crippen LogP contribution >= 0.6 is 0 Å². The zero-order chi connectivity index (χ0) is 33.6. The van der Waals surface area contributed by atoms with Crippen molar-refractivity contribution in [3.8, 4) is 0 Å². The van der Waals surface area contributed by atoms with Gasteiger partial charge in [0.05, 0.1) is 11.7 Å². The van der Waals surface area contributed by atoms with Crippen molar-refractivity contribution in [3.63, 3.8) is 0 Å². The van der Waals surface area contributed by atoms with Crippen molar-refractivity contribution in [1.29, 1.82) is 0 Å². The van der Waals surface area contributed by atoms with Gasteiger partial charge in [0, 0.05) is 42.7 Å². The molecule has 0 bridgehead atoms. The molecular weight excluding hydrogens is 610 g/mol. The zero-order valence-electron chi connectivity index (χ0n) is 25.8. The Bertz CT molecular complexity index is 1730. The number of carbonyl (C=O) groups excluding carboxylic acids is 2. The van der Waals surface area contributed by atoms with Crippen LogP contribution in [0.3, 0.4) is 0 Å². The molecule has 1 fully saturated rings. The summed E-state index contributed by atoms with van der Waals surface area (Å²) in [5.74, 6) is -1.12. The summed E-state index contributed by atoms with van der Waals surface area (Å²) < 4.78 is 54.0. The number of isocyanates is 1. The quantitative estimate of drug-likeness (QED) is 0.107. The third-order valence-electron chi connectivity index (χ3n) is 9.02. The van der Waals surface area contributed by atoms with E-state index in [1.54, 1.807) is 36.4 Å². The lowest BCUT2D eigenvalue weighted by Gasteiger charge is -2.42. The number of benzene rings is 4. The lowest BCUT2D eigenvalue weighted by atomic mass is 9.71. The summed E-state index contributed by atoms with van der Waals surface area (Å²) in [6.07, 6.45) is -3.10.